The van der Waals surface area contributed by atoms with Crippen molar-refractivity contribution in [2.75, 3.05) is 29.1 Å². The second-order valence-electron chi connectivity index (χ2n) is 5.67. The van der Waals surface area contributed by atoms with Crippen molar-refractivity contribution in [1.29, 1.82) is 5.26 Å². The molecular weight excluding hydrogens is 358 g/mol. The first-order valence-electron chi connectivity index (χ1n) is 7.72. The first-order chi connectivity index (χ1) is 12.4. The van der Waals surface area contributed by atoms with Gasteiger partial charge in [0.15, 0.2) is 0 Å². The minimum absolute atomic E-state index is 0.0264. The van der Waals surface area contributed by atoms with Gasteiger partial charge in [-0.25, -0.2) is 4.79 Å². The fourth-order valence-corrected chi connectivity index (χ4v) is 1.93. The van der Waals surface area contributed by atoms with Gasteiger partial charge in [-0.15, -0.1) is 0 Å². The number of rotatable bonds is 7. The van der Waals surface area contributed by atoms with E-state index in [9.17, 15) is 4.79 Å². The van der Waals surface area contributed by atoms with Gasteiger partial charge < -0.3 is 15.4 Å². The van der Waals surface area contributed by atoms with Crippen LogP contribution in [0.15, 0.2) is 30.3 Å². The van der Waals surface area contributed by atoms with Gasteiger partial charge in [0, 0.05) is 5.69 Å². The molecule has 9 nitrogen and oxygen atoms in total. The molecular formula is C16H18ClN7O2. The highest BCUT2D eigenvalue weighted by atomic mass is 35.5. The first-order valence-corrected chi connectivity index (χ1v) is 8.09. The summed E-state index contributed by atoms with van der Waals surface area (Å²) in [6.45, 7) is 3.71. The Morgan fingerprint density at radius 3 is 2.62 bits per heavy atom. The molecule has 2 rings (SSSR count). The Hall–Kier alpha value is -3.12. The number of benzene rings is 1. The van der Waals surface area contributed by atoms with E-state index >= 15 is 0 Å². The molecule has 0 fully saturated rings. The number of nitrogens with zero attached hydrogens (tertiary/aromatic N) is 4. The lowest BCUT2D eigenvalue weighted by molar-refractivity contribution is 0.166. The Morgan fingerprint density at radius 1 is 1.23 bits per heavy atom. The number of amides is 1. The van der Waals surface area contributed by atoms with Crippen LogP contribution in [0.5, 0.6) is 0 Å². The SMILES string of the molecule is CC(C)(C#N)Nc1nc(Cl)nc(NCCOC(=O)Nc2ccccc2)n1. The van der Waals surface area contributed by atoms with Crippen LogP contribution in [0.2, 0.25) is 5.28 Å². The van der Waals surface area contributed by atoms with Crippen LogP contribution >= 0.6 is 11.6 Å². The molecule has 2 aromatic rings. The number of nitriles is 1. The second kappa shape index (κ2) is 8.82. The molecule has 0 saturated heterocycles. The van der Waals surface area contributed by atoms with Crippen molar-refractivity contribution in [3.8, 4) is 6.07 Å². The van der Waals surface area contributed by atoms with Crippen LogP contribution in [0.1, 0.15) is 13.8 Å². The van der Waals surface area contributed by atoms with Crippen molar-refractivity contribution in [3.05, 3.63) is 35.6 Å². The average molecular weight is 376 g/mol. The molecule has 0 unspecified atom stereocenters. The van der Waals surface area contributed by atoms with Crippen molar-refractivity contribution in [2.24, 2.45) is 0 Å². The topological polar surface area (TPSA) is 125 Å². The molecule has 26 heavy (non-hydrogen) atoms. The Balaban J connectivity index is 1.81. The van der Waals surface area contributed by atoms with E-state index in [2.05, 4.69) is 37.0 Å². The first kappa shape index (κ1) is 19.2. The fourth-order valence-electron chi connectivity index (χ4n) is 1.77. The zero-order valence-corrected chi connectivity index (χ0v) is 15.0. The van der Waals surface area contributed by atoms with Crippen molar-refractivity contribution in [3.63, 3.8) is 0 Å². The van der Waals surface area contributed by atoms with Crippen LogP contribution < -0.4 is 16.0 Å². The molecule has 0 radical (unpaired) electrons. The summed E-state index contributed by atoms with van der Waals surface area (Å²) < 4.78 is 5.05. The van der Waals surface area contributed by atoms with Crippen molar-refractivity contribution in [1.82, 2.24) is 15.0 Å². The van der Waals surface area contributed by atoms with Crippen LogP contribution in [0.3, 0.4) is 0 Å². The molecule has 0 saturated carbocycles. The lowest BCUT2D eigenvalue weighted by Gasteiger charge is -2.17. The van der Waals surface area contributed by atoms with E-state index in [1.165, 1.54) is 0 Å². The van der Waals surface area contributed by atoms with Crippen LogP contribution in [0.4, 0.5) is 22.4 Å². The Morgan fingerprint density at radius 2 is 1.92 bits per heavy atom. The van der Waals surface area contributed by atoms with Gasteiger partial charge in [0.1, 0.15) is 12.1 Å². The van der Waals surface area contributed by atoms with Crippen molar-refractivity contribution < 1.29 is 9.53 Å². The van der Waals surface area contributed by atoms with E-state index in [4.69, 9.17) is 21.6 Å². The Labute approximate surface area is 155 Å². The number of carbonyl (C=O) groups excluding carboxylic acids is 1. The summed E-state index contributed by atoms with van der Waals surface area (Å²) in [6, 6.07) is 11.0. The number of hydrogen-bond acceptors (Lipinski definition) is 8. The van der Waals surface area contributed by atoms with Gasteiger partial charge in [0.25, 0.3) is 0 Å². The van der Waals surface area contributed by atoms with Gasteiger partial charge in [-0.05, 0) is 37.6 Å². The predicted molar refractivity (Wildman–Crippen MR) is 98.1 cm³/mol. The maximum absolute atomic E-state index is 11.7. The molecule has 1 aromatic heterocycles. The number of anilines is 3. The molecule has 0 aliphatic rings. The van der Waals surface area contributed by atoms with Crippen LogP contribution in [0, 0.1) is 11.3 Å². The van der Waals surface area contributed by atoms with E-state index in [0.717, 1.165) is 0 Å². The Bertz CT molecular complexity index is 793. The van der Waals surface area contributed by atoms with E-state index in [0.29, 0.717) is 5.69 Å². The second-order valence-corrected chi connectivity index (χ2v) is 6.01. The number of ether oxygens (including phenoxy) is 1. The third-order valence-corrected chi connectivity index (χ3v) is 3.12. The van der Waals surface area contributed by atoms with Crippen LogP contribution in [0.25, 0.3) is 0 Å². The third-order valence-electron chi connectivity index (χ3n) is 2.95. The van der Waals surface area contributed by atoms with E-state index in [-0.39, 0.29) is 30.3 Å². The molecule has 136 valence electrons. The highest BCUT2D eigenvalue weighted by molar-refractivity contribution is 6.28. The number of hydrogen-bond donors (Lipinski definition) is 3. The zero-order chi connectivity index (χ0) is 19.0. The highest BCUT2D eigenvalue weighted by Gasteiger charge is 2.18. The minimum atomic E-state index is -0.861. The summed E-state index contributed by atoms with van der Waals surface area (Å²) in [7, 11) is 0. The number of aromatic nitrogens is 3. The zero-order valence-electron chi connectivity index (χ0n) is 14.3. The number of nitrogens with one attached hydrogen (secondary N) is 3. The van der Waals surface area contributed by atoms with E-state index < -0.39 is 11.6 Å². The van der Waals surface area contributed by atoms with Crippen molar-refractivity contribution in [2.45, 2.75) is 19.4 Å². The van der Waals surface area contributed by atoms with Gasteiger partial charge in [0.05, 0.1) is 12.6 Å². The molecule has 1 amide bonds. The predicted octanol–water partition coefficient (Wildman–Crippen LogP) is 2.90. The molecule has 10 heteroatoms. The molecule has 1 heterocycles. The summed E-state index contributed by atoms with van der Waals surface area (Å²) in [5, 5.41) is 17.3. The highest BCUT2D eigenvalue weighted by Crippen LogP contribution is 2.14. The minimum Gasteiger partial charge on any atom is -0.447 e. The standard InChI is InChI=1S/C16H18ClN7O2/c1-16(2,10-18)24-14-22-12(17)21-13(23-14)19-8-9-26-15(25)20-11-6-4-3-5-7-11/h3-7H,8-9H2,1-2H3,(H,20,25)(H2,19,21,22,23,24). The lowest BCUT2D eigenvalue weighted by Crippen LogP contribution is -2.30. The van der Waals surface area contributed by atoms with Gasteiger partial charge in [-0.2, -0.15) is 20.2 Å². The van der Waals surface area contributed by atoms with Gasteiger partial charge in [-0.1, -0.05) is 18.2 Å². The van der Waals surface area contributed by atoms with Gasteiger partial charge >= 0.3 is 6.09 Å². The number of para-hydroxylation sites is 1. The number of carbonyl (C=O) groups is 1. The number of halogens is 1. The molecule has 0 aliphatic carbocycles. The summed E-state index contributed by atoms with van der Waals surface area (Å²) in [4.78, 5) is 23.6. The summed E-state index contributed by atoms with van der Waals surface area (Å²) in [5.41, 5.74) is -0.217. The van der Waals surface area contributed by atoms with E-state index in [1.807, 2.05) is 6.07 Å². The van der Waals surface area contributed by atoms with Crippen LogP contribution in [-0.4, -0.2) is 39.7 Å². The summed E-state index contributed by atoms with van der Waals surface area (Å²) >= 11 is 5.86. The van der Waals surface area contributed by atoms with Gasteiger partial charge in [0.2, 0.25) is 17.2 Å². The quantitative estimate of drug-likeness (QED) is 0.631. The molecule has 0 spiro atoms. The molecule has 0 aliphatic heterocycles. The van der Waals surface area contributed by atoms with Crippen LogP contribution in [-0.2, 0) is 4.74 Å². The molecule has 1 aromatic carbocycles. The molecule has 3 N–H and O–H groups in total. The smallest absolute Gasteiger partial charge is 0.411 e. The van der Waals surface area contributed by atoms with Gasteiger partial charge in [-0.3, -0.25) is 5.32 Å². The summed E-state index contributed by atoms with van der Waals surface area (Å²) in [5.74, 6) is 0.370. The fraction of sp³-hybridized carbons (Fsp3) is 0.312. The molecule has 0 atom stereocenters. The largest absolute Gasteiger partial charge is 0.447 e. The average Bonchev–Trinajstić information content (AvgIpc) is 2.59. The monoisotopic (exact) mass is 375 g/mol. The maximum atomic E-state index is 11.7. The summed E-state index contributed by atoms with van der Waals surface area (Å²) in [6.07, 6.45) is -0.565. The third kappa shape index (κ3) is 6.41. The van der Waals surface area contributed by atoms with E-state index in [1.54, 1.807) is 38.1 Å². The van der Waals surface area contributed by atoms with Crippen molar-refractivity contribution >= 4 is 35.3 Å². The molecule has 0 bridgehead atoms. The Kier molecular flexibility index (Phi) is 6.52. The maximum Gasteiger partial charge on any atom is 0.411 e. The normalized spacial score (nSPS) is 10.5. The lowest BCUT2D eigenvalue weighted by atomic mass is 10.1.